The Bertz CT molecular complexity index is 1330. The average molecular weight is 579 g/mol. The fraction of sp³-hybridized carbons (Fsp3) is 0.406. The Morgan fingerprint density at radius 2 is 1.98 bits per heavy atom. The highest BCUT2D eigenvalue weighted by Crippen LogP contribution is 2.60. The molecule has 2 aromatic carbocycles. The van der Waals surface area contributed by atoms with Crippen molar-refractivity contribution in [1.82, 2.24) is 4.90 Å². The van der Waals surface area contributed by atoms with Crippen LogP contribution in [0.5, 0.6) is 0 Å². The van der Waals surface area contributed by atoms with Crippen molar-refractivity contribution in [2.24, 2.45) is 11.8 Å². The first kappa shape index (κ1) is 29.0. The van der Waals surface area contributed by atoms with E-state index >= 15 is 0 Å². The van der Waals surface area contributed by atoms with Crippen molar-refractivity contribution in [3.8, 4) is 0 Å². The number of aliphatic hydroxyl groups excluding tert-OH is 1. The van der Waals surface area contributed by atoms with Crippen molar-refractivity contribution >= 4 is 35.1 Å². The van der Waals surface area contributed by atoms with Gasteiger partial charge in [0.15, 0.2) is 0 Å². The molecule has 0 aliphatic carbocycles. The van der Waals surface area contributed by atoms with Crippen LogP contribution >= 0.6 is 11.6 Å². The number of para-hydroxylation sites is 1. The molecule has 2 unspecified atom stereocenters. The summed E-state index contributed by atoms with van der Waals surface area (Å²) in [7, 11) is 0. The number of hydrogen-bond donors (Lipinski definition) is 1. The van der Waals surface area contributed by atoms with E-state index in [1.165, 1.54) is 9.80 Å². The predicted octanol–water partition coefficient (Wildman–Crippen LogP) is 4.39. The van der Waals surface area contributed by atoms with E-state index < -0.39 is 60.0 Å². The van der Waals surface area contributed by atoms with Crippen molar-refractivity contribution < 1.29 is 29.0 Å². The third-order valence-electron chi connectivity index (χ3n) is 8.54. The SMILES string of the molecule is C=CCCOC(=O)[C@@H]1[C@@H]2CCC3(O2)C(C(=O)N(CC=C)c2c(C)cccc2Cl)N([C@H](CO)c2ccccc2)C(=O)[C@H]13. The zero-order valence-corrected chi connectivity index (χ0v) is 23.8. The number of hydrogen-bond acceptors (Lipinski definition) is 6. The lowest BCUT2D eigenvalue weighted by Gasteiger charge is -2.39. The molecule has 41 heavy (non-hydrogen) atoms. The van der Waals surface area contributed by atoms with E-state index in [0.29, 0.717) is 35.5 Å². The number of carbonyl (C=O) groups is 3. The van der Waals surface area contributed by atoms with Gasteiger partial charge in [0.25, 0.3) is 5.91 Å². The van der Waals surface area contributed by atoms with Crippen molar-refractivity contribution in [3.63, 3.8) is 0 Å². The van der Waals surface area contributed by atoms with Crippen LogP contribution in [-0.4, -0.2) is 65.3 Å². The van der Waals surface area contributed by atoms with Gasteiger partial charge in [-0.3, -0.25) is 14.4 Å². The maximum Gasteiger partial charge on any atom is 0.312 e. The third-order valence-corrected chi connectivity index (χ3v) is 8.84. The van der Waals surface area contributed by atoms with E-state index in [4.69, 9.17) is 21.1 Å². The minimum absolute atomic E-state index is 0.133. The second-order valence-corrected chi connectivity index (χ2v) is 11.2. The number of benzene rings is 2. The molecule has 3 aliphatic heterocycles. The number of esters is 1. The molecule has 3 saturated heterocycles. The van der Waals surface area contributed by atoms with Crippen LogP contribution < -0.4 is 4.90 Å². The standard InChI is InChI=1S/C32H35ClN2O6/c1-4-6-18-40-31(39)25-24-15-16-32(41-24)26(25)29(37)35(23(19-36)21-12-8-7-9-13-21)28(32)30(38)34(17-5-2)27-20(3)11-10-14-22(27)33/h4-5,7-14,23-26,28,36H,1-2,6,15-19H2,3H3/t23-,24+,25-,26+,28?,32?/m1/s1. The van der Waals surface area contributed by atoms with Gasteiger partial charge in [0.05, 0.1) is 47.9 Å². The van der Waals surface area contributed by atoms with Gasteiger partial charge in [-0.2, -0.15) is 0 Å². The second kappa shape index (κ2) is 11.8. The van der Waals surface area contributed by atoms with E-state index in [1.54, 1.807) is 36.4 Å². The van der Waals surface area contributed by atoms with Crippen LogP contribution in [0.2, 0.25) is 5.02 Å². The molecular weight excluding hydrogens is 544 g/mol. The first-order valence-electron chi connectivity index (χ1n) is 13.9. The number of ether oxygens (including phenoxy) is 2. The number of carbonyl (C=O) groups excluding carboxylic acids is 3. The van der Waals surface area contributed by atoms with E-state index in [-0.39, 0.29) is 13.2 Å². The Morgan fingerprint density at radius 3 is 2.63 bits per heavy atom. The summed E-state index contributed by atoms with van der Waals surface area (Å²) in [4.78, 5) is 45.6. The number of halogens is 1. The molecule has 5 rings (SSSR count). The van der Waals surface area contributed by atoms with Gasteiger partial charge in [0, 0.05) is 6.54 Å². The molecule has 2 amide bonds. The fourth-order valence-electron chi connectivity index (χ4n) is 6.88. The van der Waals surface area contributed by atoms with Gasteiger partial charge in [-0.25, -0.2) is 0 Å². The summed E-state index contributed by atoms with van der Waals surface area (Å²) in [6.45, 7) is 9.23. The van der Waals surface area contributed by atoms with Crippen LogP contribution in [0.15, 0.2) is 73.8 Å². The van der Waals surface area contributed by atoms with Gasteiger partial charge in [0.2, 0.25) is 5.91 Å². The Kier molecular flexibility index (Phi) is 8.36. The molecule has 1 N–H and O–H groups in total. The summed E-state index contributed by atoms with van der Waals surface area (Å²) in [5, 5.41) is 11.0. The van der Waals surface area contributed by atoms with E-state index in [2.05, 4.69) is 13.2 Å². The Balaban J connectivity index is 1.64. The third kappa shape index (κ3) is 4.78. The minimum atomic E-state index is -1.27. The zero-order chi connectivity index (χ0) is 29.3. The highest BCUT2D eigenvalue weighted by Gasteiger charge is 2.75. The lowest BCUT2D eigenvalue weighted by molar-refractivity contribution is -0.155. The van der Waals surface area contributed by atoms with Gasteiger partial charge in [-0.15, -0.1) is 13.2 Å². The number of amides is 2. The smallest absolute Gasteiger partial charge is 0.312 e. The Morgan fingerprint density at radius 1 is 1.22 bits per heavy atom. The van der Waals surface area contributed by atoms with E-state index in [1.807, 2.05) is 31.2 Å². The Labute approximate surface area is 245 Å². The summed E-state index contributed by atoms with van der Waals surface area (Å²) in [6.07, 6.45) is 4.11. The highest BCUT2D eigenvalue weighted by molar-refractivity contribution is 6.34. The van der Waals surface area contributed by atoms with Gasteiger partial charge in [0.1, 0.15) is 11.6 Å². The normalized spacial score (nSPS) is 26.9. The molecule has 0 radical (unpaired) electrons. The predicted molar refractivity (Wildman–Crippen MR) is 155 cm³/mol. The van der Waals surface area contributed by atoms with Crippen molar-refractivity contribution in [2.75, 3.05) is 24.7 Å². The number of rotatable bonds is 11. The fourth-order valence-corrected chi connectivity index (χ4v) is 7.20. The number of nitrogens with zero attached hydrogens (tertiary/aromatic N) is 2. The minimum Gasteiger partial charge on any atom is -0.465 e. The number of likely N-dealkylation sites (tertiary alicyclic amines) is 1. The number of anilines is 1. The molecule has 3 fully saturated rings. The number of fused-ring (bicyclic) bond motifs is 1. The summed E-state index contributed by atoms with van der Waals surface area (Å²) in [5.41, 5.74) is 0.693. The molecule has 6 atom stereocenters. The van der Waals surface area contributed by atoms with Crippen molar-refractivity contribution in [1.29, 1.82) is 0 Å². The summed E-state index contributed by atoms with van der Waals surface area (Å²) >= 11 is 6.63. The van der Waals surface area contributed by atoms with Crippen LogP contribution in [0.1, 0.15) is 36.4 Å². The van der Waals surface area contributed by atoms with Crippen molar-refractivity contribution in [2.45, 2.75) is 50.0 Å². The highest BCUT2D eigenvalue weighted by atomic mass is 35.5. The number of aliphatic hydroxyl groups is 1. The van der Waals surface area contributed by atoms with Crippen LogP contribution in [0.4, 0.5) is 5.69 Å². The topological polar surface area (TPSA) is 96.4 Å². The van der Waals surface area contributed by atoms with Gasteiger partial charge >= 0.3 is 5.97 Å². The van der Waals surface area contributed by atoms with Crippen LogP contribution in [-0.2, 0) is 23.9 Å². The largest absolute Gasteiger partial charge is 0.465 e. The molecule has 9 heteroatoms. The van der Waals surface area contributed by atoms with Gasteiger partial charge in [-0.1, -0.05) is 66.2 Å². The van der Waals surface area contributed by atoms with Crippen LogP contribution in [0.25, 0.3) is 0 Å². The Hall–Kier alpha value is -3.46. The quantitative estimate of drug-likeness (QED) is 0.241. The molecule has 0 saturated carbocycles. The molecule has 3 heterocycles. The molecule has 2 aromatic rings. The first-order chi connectivity index (χ1) is 19.8. The monoisotopic (exact) mass is 578 g/mol. The van der Waals surface area contributed by atoms with Crippen LogP contribution in [0.3, 0.4) is 0 Å². The first-order valence-corrected chi connectivity index (χ1v) is 14.3. The van der Waals surface area contributed by atoms with Gasteiger partial charge in [-0.05, 0) is 43.4 Å². The number of aryl methyl sites for hydroxylation is 1. The van der Waals surface area contributed by atoms with E-state index in [9.17, 15) is 19.5 Å². The molecule has 3 aliphatic rings. The molecule has 8 nitrogen and oxygen atoms in total. The molecule has 0 aromatic heterocycles. The van der Waals surface area contributed by atoms with Gasteiger partial charge < -0.3 is 24.4 Å². The molecule has 216 valence electrons. The average Bonchev–Trinajstić information content (AvgIpc) is 3.61. The zero-order valence-electron chi connectivity index (χ0n) is 23.1. The van der Waals surface area contributed by atoms with Crippen LogP contribution in [0, 0.1) is 18.8 Å². The second-order valence-electron chi connectivity index (χ2n) is 10.8. The maximum atomic E-state index is 14.8. The molecule has 2 bridgehead atoms. The lowest BCUT2D eigenvalue weighted by Crippen LogP contribution is -2.57. The molecule has 1 spiro atoms. The maximum absolute atomic E-state index is 14.8. The summed E-state index contributed by atoms with van der Waals surface area (Å²) in [6, 6.07) is 12.5. The van der Waals surface area contributed by atoms with Crippen molar-refractivity contribution in [3.05, 3.63) is 90.0 Å². The summed E-state index contributed by atoms with van der Waals surface area (Å²) < 4.78 is 12.1. The molecular formula is C32H35ClN2O6. The summed E-state index contributed by atoms with van der Waals surface area (Å²) in [5.74, 6) is -3.12. The van der Waals surface area contributed by atoms with E-state index in [0.717, 1.165) is 5.56 Å². The lowest BCUT2D eigenvalue weighted by atomic mass is 9.70.